The molecule has 0 aromatic heterocycles. The van der Waals surface area contributed by atoms with Gasteiger partial charge in [0, 0.05) is 6.07 Å². The van der Waals surface area contributed by atoms with Crippen molar-refractivity contribution < 1.29 is 24.0 Å². The second kappa shape index (κ2) is 9.84. The van der Waals surface area contributed by atoms with Crippen LogP contribution in [0.25, 0.3) is 6.08 Å². The van der Waals surface area contributed by atoms with Gasteiger partial charge in [0.05, 0.1) is 12.0 Å². The van der Waals surface area contributed by atoms with E-state index in [2.05, 4.69) is 5.32 Å². The van der Waals surface area contributed by atoms with E-state index in [1.54, 1.807) is 44.2 Å². The quantitative estimate of drug-likeness (QED) is 0.244. The van der Waals surface area contributed by atoms with E-state index in [9.17, 15) is 25.0 Å². The van der Waals surface area contributed by atoms with E-state index in [-0.39, 0.29) is 16.9 Å². The highest BCUT2D eigenvalue weighted by Gasteiger charge is 2.19. The number of nitro benzene ring substituents is 1. The van der Waals surface area contributed by atoms with Gasteiger partial charge in [-0.25, -0.2) is 4.79 Å². The van der Waals surface area contributed by atoms with Crippen molar-refractivity contribution in [2.75, 3.05) is 19.0 Å². The lowest BCUT2D eigenvalue weighted by Gasteiger charge is -2.09. The maximum atomic E-state index is 12.1. The molecule has 0 bridgehead atoms. The maximum absolute atomic E-state index is 12.1. The molecule has 0 atom stereocenters. The standard InChI is InChI=1S/C21H19N3O6/c1-13-8-18(19(24(27)28)9-14(13)2)23-20(25)12-30-21(26)16(11-22)10-15-4-6-17(29-3)7-5-15/h4-10H,12H2,1-3H3,(H,23,25)/b16-10+. The summed E-state index contributed by atoms with van der Waals surface area (Å²) in [4.78, 5) is 34.8. The first-order valence-electron chi connectivity index (χ1n) is 8.73. The highest BCUT2D eigenvalue weighted by atomic mass is 16.6. The van der Waals surface area contributed by atoms with E-state index in [1.807, 2.05) is 0 Å². The number of hydrogen-bond acceptors (Lipinski definition) is 7. The Morgan fingerprint density at radius 2 is 1.83 bits per heavy atom. The van der Waals surface area contributed by atoms with E-state index < -0.39 is 23.4 Å². The van der Waals surface area contributed by atoms with Crippen molar-refractivity contribution in [3.8, 4) is 11.8 Å². The maximum Gasteiger partial charge on any atom is 0.349 e. The van der Waals surface area contributed by atoms with Gasteiger partial charge in [-0.15, -0.1) is 0 Å². The van der Waals surface area contributed by atoms with Crippen molar-refractivity contribution in [2.24, 2.45) is 0 Å². The van der Waals surface area contributed by atoms with Gasteiger partial charge in [0.2, 0.25) is 0 Å². The summed E-state index contributed by atoms with van der Waals surface area (Å²) in [5.74, 6) is -1.14. The molecule has 0 radical (unpaired) electrons. The predicted octanol–water partition coefficient (Wildman–Crippen LogP) is 3.31. The van der Waals surface area contributed by atoms with Crippen molar-refractivity contribution in [3.05, 3.63) is 68.8 Å². The fraction of sp³-hybridized carbons (Fsp3) is 0.190. The lowest BCUT2D eigenvalue weighted by molar-refractivity contribution is -0.384. The van der Waals surface area contributed by atoms with Crippen molar-refractivity contribution >= 4 is 29.3 Å². The van der Waals surface area contributed by atoms with Crippen LogP contribution in [0.4, 0.5) is 11.4 Å². The third-order valence-electron chi connectivity index (χ3n) is 4.18. The Morgan fingerprint density at radius 1 is 1.20 bits per heavy atom. The van der Waals surface area contributed by atoms with Gasteiger partial charge < -0.3 is 14.8 Å². The molecule has 154 valence electrons. The molecule has 0 spiro atoms. The highest BCUT2D eigenvalue weighted by molar-refractivity contribution is 6.00. The van der Waals surface area contributed by atoms with E-state index in [0.717, 1.165) is 5.56 Å². The van der Waals surface area contributed by atoms with Crippen LogP contribution in [0.3, 0.4) is 0 Å². The van der Waals surface area contributed by atoms with Gasteiger partial charge in [0.1, 0.15) is 23.1 Å². The van der Waals surface area contributed by atoms with Crippen LogP contribution in [-0.4, -0.2) is 30.5 Å². The van der Waals surface area contributed by atoms with Crippen LogP contribution >= 0.6 is 0 Å². The zero-order chi connectivity index (χ0) is 22.3. The van der Waals surface area contributed by atoms with Crippen LogP contribution in [0.5, 0.6) is 5.75 Å². The number of amides is 1. The lowest BCUT2D eigenvalue weighted by Crippen LogP contribution is -2.22. The van der Waals surface area contributed by atoms with E-state index >= 15 is 0 Å². The number of esters is 1. The number of nitrogens with one attached hydrogen (secondary N) is 1. The molecule has 0 aliphatic carbocycles. The van der Waals surface area contributed by atoms with Crippen molar-refractivity contribution in [1.82, 2.24) is 0 Å². The van der Waals surface area contributed by atoms with Crippen LogP contribution in [0.15, 0.2) is 42.0 Å². The van der Waals surface area contributed by atoms with E-state index in [1.165, 1.54) is 25.3 Å². The molecule has 9 nitrogen and oxygen atoms in total. The highest BCUT2D eigenvalue weighted by Crippen LogP contribution is 2.27. The minimum Gasteiger partial charge on any atom is -0.497 e. The Kier molecular flexibility index (Phi) is 7.25. The lowest BCUT2D eigenvalue weighted by atomic mass is 10.1. The van der Waals surface area contributed by atoms with Gasteiger partial charge in [0.25, 0.3) is 11.6 Å². The second-order valence-corrected chi connectivity index (χ2v) is 6.28. The molecule has 0 heterocycles. The number of nitro groups is 1. The zero-order valence-corrected chi connectivity index (χ0v) is 16.6. The Labute approximate surface area is 172 Å². The summed E-state index contributed by atoms with van der Waals surface area (Å²) in [5, 5.41) is 22.7. The van der Waals surface area contributed by atoms with Gasteiger partial charge in [-0.2, -0.15) is 5.26 Å². The molecule has 30 heavy (non-hydrogen) atoms. The summed E-state index contributed by atoms with van der Waals surface area (Å²) in [6, 6.07) is 11.2. The van der Waals surface area contributed by atoms with Crippen molar-refractivity contribution in [1.29, 1.82) is 5.26 Å². The van der Waals surface area contributed by atoms with E-state index in [0.29, 0.717) is 16.9 Å². The molecule has 0 fully saturated rings. The smallest absolute Gasteiger partial charge is 0.349 e. The molecule has 2 aromatic rings. The third-order valence-corrected chi connectivity index (χ3v) is 4.18. The average Bonchev–Trinajstić information content (AvgIpc) is 2.72. The molecular weight excluding hydrogens is 390 g/mol. The molecule has 0 aliphatic rings. The largest absolute Gasteiger partial charge is 0.497 e. The number of ether oxygens (including phenoxy) is 2. The molecule has 0 aliphatic heterocycles. The minimum absolute atomic E-state index is 0.00145. The average molecular weight is 409 g/mol. The van der Waals surface area contributed by atoms with Crippen LogP contribution in [0, 0.1) is 35.3 Å². The fourth-order valence-corrected chi connectivity index (χ4v) is 2.45. The SMILES string of the molecule is COc1ccc(/C=C(\C#N)C(=O)OCC(=O)Nc2cc(C)c(C)cc2[N+](=O)[O-])cc1. The Balaban J connectivity index is 2.05. The molecule has 0 saturated carbocycles. The number of hydrogen-bond donors (Lipinski definition) is 1. The first kappa shape index (κ1) is 22.1. The minimum atomic E-state index is -0.988. The topological polar surface area (TPSA) is 132 Å². The zero-order valence-electron chi connectivity index (χ0n) is 16.6. The normalized spacial score (nSPS) is 10.7. The molecule has 9 heteroatoms. The van der Waals surface area contributed by atoms with Gasteiger partial charge in [-0.3, -0.25) is 14.9 Å². The number of carbonyl (C=O) groups is 2. The van der Waals surface area contributed by atoms with Crippen molar-refractivity contribution in [2.45, 2.75) is 13.8 Å². The Morgan fingerprint density at radius 3 is 2.40 bits per heavy atom. The summed E-state index contributed by atoms with van der Waals surface area (Å²) < 4.78 is 9.90. The van der Waals surface area contributed by atoms with Gasteiger partial charge in [0.15, 0.2) is 6.61 Å². The molecule has 0 saturated heterocycles. The van der Waals surface area contributed by atoms with Crippen LogP contribution in [-0.2, 0) is 14.3 Å². The molecule has 2 rings (SSSR count). The third kappa shape index (κ3) is 5.65. The summed E-state index contributed by atoms with van der Waals surface area (Å²) >= 11 is 0. The summed E-state index contributed by atoms with van der Waals surface area (Å²) in [5.41, 5.74) is 1.45. The van der Waals surface area contributed by atoms with Gasteiger partial charge in [-0.05, 0) is 54.8 Å². The number of aryl methyl sites for hydroxylation is 2. The number of methoxy groups -OCH3 is 1. The second-order valence-electron chi connectivity index (χ2n) is 6.28. The molecule has 0 unspecified atom stereocenters. The molecule has 2 aromatic carbocycles. The Bertz CT molecular complexity index is 1050. The fourth-order valence-electron chi connectivity index (χ4n) is 2.45. The molecule has 1 N–H and O–H groups in total. The van der Waals surface area contributed by atoms with Crippen LogP contribution < -0.4 is 10.1 Å². The monoisotopic (exact) mass is 409 g/mol. The summed E-state index contributed by atoms with van der Waals surface area (Å²) in [7, 11) is 1.51. The Hall–Kier alpha value is -4.19. The number of rotatable bonds is 7. The van der Waals surface area contributed by atoms with Crippen LogP contribution in [0.2, 0.25) is 0 Å². The first-order chi connectivity index (χ1) is 14.2. The van der Waals surface area contributed by atoms with E-state index in [4.69, 9.17) is 9.47 Å². The number of nitrogens with zero attached hydrogens (tertiary/aromatic N) is 2. The van der Waals surface area contributed by atoms with Crippen LogP contribution in [0.1, 0.15) is 16.7 Å². The summed E-state index contributed by atoms with van der Waals surface area (Å²) in [6.07, 6.45) is 1.31. The number of carbonyl (C=O) groups excluding carboxylic acids is 2. The van der Waals surface area contributed by atoms with Crippen molar-refractivity contribution in [3.63, 3.8) is 0 Å². The first-order valence-corrected chi connectivity index (χ1v) is 8.73. The van der Waals surface area contributed by atoms with Gasteiger partial charge >= 0.3 is 5.97 Å². The predicted molar refractivity (Wildman–Crippen MR) is 109 cm³/mol. The number of nitriles is 1. The molecule has 1 amide bonds. The molecular formula is C21H19N3O6. The number of benzene rings is 2. The summed E-state index contributed by atoms with van der Waals surface area (Å²) in [6.45, 7) is 2.76. The van der Waals surface area contributed by atoms with Gasteiger partial charge in [-0.1, -0.05) is 12.1 Å². The number of anilines is 1.